The molecule has 1 N–H and O–H groups in total. The molecule has 1 atom stereocenters. The van der Waals surface area contributed by atoms with Crippen LogP contribution in [0.4, 0.5) is 0 Å². The molecule has 1 aromatic rings. The van der Waals surface area contributed by atoms with Gasteiger partial charge >= 0.3 is 0 Å². The Labute approximate surface area is 99.2 Å². The maximum atomic E-state index is 11.7. The number of ketones is 1. The van der Waals surface area contributed by atoms with Crippen LogP contribution >= 0.6 is 15.9 Å². The lowest BCUT2D eigenvalue weighted by Gasteiger charge is -2.10. The molecule has 1 unspecified atom stereocenters. The molecule has 0 aliphatic heterocycles. The fraction of sp³-hybridized carbons (Fsp3) is 0.417. The maximum Gasteiger partial charge on any atom is 0.176 e. The van der Waals surface area contributed by atoms with Gasteiger partial charge in [-0.1, -0.05) is 35.0 Å². The van der Waals surface area contributed by atoms with Crippen molar-refractivity contribution in [3.8, 4) is 0 Å². The molecular weight excluding hydrogens is 254 g/mol. The average molecular weight is 270 g/mol. The largest absolute Gasteiger partial charge is 0.307 e. The topological polar surface area (TPSA) is 29.1 Å². The summed E-state index contributed by atoms with van der Waals surface area (Å²) in [6.07, 6.45) is 1.03. The van der Waals surface area contributed by atoms with Gasteiger partial charge < -0.3 is 5.32 Å². The Morgan fingerprint density at radius 1 is 1.53 bits per heavy atom. The van der Waals surface area contributed by atoms with Gasteiger partial charge in [-0.2, -0.15) is 0 Å². The van der Waals surface area contributed by atoms with Crippen molar-refractivity contribution in [1.29, 1.82) is 0 Å². The SMILES string of the molecule is CCC(C)NCC(=O)c1cccc(Br)c1. The van der Waals surface area contributed by atoms with E-state index in [1.807, 2.05) is 24.3 Å². The van der Waals surface area contributed by atoms with E-state index >= 15 is 0 Å². The molecule has 0 radical (unpaired) electrons. The van der Waals surface area contributed by atoms with Crippen LogP contribution in [0, 0.1) is 0 Å². The second-order valence-electron chi connectivity index (χ2n) is 3.62. The molecule has 2 nitrogen and oxygen atoms in total. The van der Waals surface area contributed by atoms with Gasteiger partial charge in [-0.25, -0.2) is 0 Å². The lowest BCUT2D eigenvalue weighted by atomic mass is 10.1. The molecule has 0 aliphatic rings. The number of Topliss-reactive ketones (excluding diaryl/α,β-unsaturated/α-hetero) is 1. The summed E-state index contributed by atoms with van der Waals surface area (Å²) in [6.45, 7) is 4.58. The van der Waals surface area contributed by atoms with Gasteiger partial charge in [0.05, 0.1) is 6.54 Å². The van der Waals surface area contributed by atoms with Gasteiger partial charge in [-0.15, -0.1) is 0 Å². The summed E-state index contributed by atoms with van der Waals surface area (Å²) in [5.74, 6) is 0.136. The van der Waals surface area contributed by atoms with E-state index in [9.17, 15) is 4.79 Å². The summed E-state index contributed by atoms with van der Waals surface area (Å²) in [5.41, 5.74) is 0.750. The molecular formula is C12H16BrNO. The summed E-state index contributed by atoms with van der Waals surface area (Å²) in [7, 11) is 0. The number of benzene rings is 1. The van der Waals surface area contributed by atoms with Crippen LogP contribution in [0.2, 0.25) is 0 Å². The lowest BCUT2D eigenvalue weighted by molar-refractivity contribution is 0.0987. The standard InChI is InChI=1S/C12H16BrNO/c1-3-9(2)14-8-12(15)10-5-4-6-11(13)7-10/h4-7,9,14H,3,8H2,1-2H3. The minimum Gasteiger partial charge on any atom is -0.307 e. The van der Waals surface area contributed by atoms with Crippen LogP contribution in [0.15, 0.2) is 28.7 Å². The van der Waals surface area contributed by atoms with E-state index < -0.39 is 0 Å². The molecule has 82 valence electrons. The van der Waals surface area contributed by atoms with Gasteiger partial charge in [0.15, 0.2) is 5.78 Å². The van der Waals surface area contributed by atoms with Crippen LogP contribution in [0.5, 0.6) is 0 Å². The average Bonchev–Trinajstić information content (AvgIpc) is 2.25. The molecule has 0 spiro atoms. The third-order valence-electron chi connectivity index (χ3n) is 2.37. The summed E-state index contributed by atoms with van der Waals surface area (Å²) < 4.78 is 0.942. The van der Waals surface area contributed by atoms with Gasteiger partial charge in [0.2, 0.25) is 0 Å². The van der Waals surface area contributed by atoms with Crippen LogP contribution in [0.1, 0.15) is 30.6 Å². The number of halogens is 1. The van der Waals surface area contributed by atoms with E-state index in [4.69, 9.17) is 0 Å². The maximum absolute atomic E-state index is 11.7. The highest BCUT2D eigenvalue weighted by Gasteiger charge is 2.06. The molecule has 15 heavy (non-hydrogen) atoms. The molecule has 0 bridgehead atoms. The van der Waals surface area contributed by atoms with Gasteiger partial charge in [0.1, 0.15) is 0 Å². The van der Waals surface area contributed by atoms with Crippen molar-refractivity contribution in [2.45, 2.75) is 26.3 Å². The van der Waals surface area contributed by atoms with E-state index in [0.29, 0.717) is 12.6 Å². The molecule has 0 fully saturated rings. The fourth-order valence-electron chi connectivity index (χ4n) is 1.18. The van der Waals surface area contributed by atoms with E-state index in [2.05, 4.69) is 35.1 Å². The molecule has 1 aromatic carbocycles. The number of carbonyl (C=O) groups is 1. The highest BCUT2D eigenvalue weighted by Crippen LogP contribution is 2.11. The van der Waals surface area contributed by atoms with Gasteiger partial charge in [-0.3, -0.25) is 4.79 Å². The van der Waals surface area contributed by atoms with Crippen molar-refractivity contribution in [3.63, 3.8) is 0 Å². The lowest BCUT2D eigenvalue weighted by Crippen LogP contribution is -2.30. The normalized spacial score (nSPS) is 12.5. The van der Waals surface area contributed by atoms with Crippen molar-refractivity contribution in [3.05, 3.63) is 34.3 Å². The molecule has 0 aliphatic carbocycles. The Morgan fingerprint density at radius 3 is 2.87 bits per heavy atom. The highest BCUT2D eigenvalue weighted by atomic mass is 79.9. The molecule has 0 saturated carbocycles. The van der Waals surface area contributed by atoms with Gasteiger partial charge in [-0.05, 0) is 25.5 Å². The number of hydrogen-bond acceptors (Lipinski definition) is 2. The molecule has 0 aromatic heterocycles. The zero-order valence-corrected chi connectivity index (χ0v) is 10.7. The first-order valence-electron chi connectivity index (χ1n) is 5.15. The summed E-state index contributed by atoms with van der Waals surface area (Å²) in [5, 5.41) is 3.19. The second-order valence-corrected chi connectivity index (χ2v) is 4.54. The van der Waals surface area contributed by atoms with Crippen LogP contribution in [0.3, 0.4) is 0 Å². The van der Waals surface area contributed by atoms with Gasteiger partial charge in [0.25, 0.3) is 0 Å². The summed E-state index contributed by atoms with van der Waals surface area (Å²) in [4.78, 5) is 11.7. The zero-order chi connectivity index (χ0) is 11.3. The van der Waals surface area contributed by atoms with E-state index in [-0.39, 0.29) is 5.78 Å². The Bertz CT molecular complexity index is 338. The number of hydrogen-bond donors (Lipinski definition) is 1. The minimum absolute atomic E-state index is 0.136. The quantitative estimate of drug-likeness (QED) is 0.833. The summed E-state index contributed by atoms with van der Waals surface area (Å²) >= 11 is 3.35. The third kappa shape index (κ3) is 4.14. The van der Waals surface area contributed by atoms with Crippen LogP contribution in [-0.2, 0) is 0 Å². The summed E-state index contributed by atoms with van der Waals surface area (Å²) in [6, 6.07) is 7.87. The van der Waals surface area contributed by atoms with Gasteiger partial charge in [0, 0.05) is 16.1 Å². The molecule has 1 rings (SSSR count). The highest BCUT2D eigenvalue weighted by molar-refractivity contribution is 9.10. The predicted molar refractivity (Wildman–Crippen MR) is 66.2 cm³/mol. The van der Waals surface area contributed by atoms with Crippen molar-refractivity contribution < 1.29 is 4.79 Å². The van der Waals surface area contributed by atoms with Crippen LogP contribution in [0.25, 0.3) is 0 Å². The van der Waals surface area contributed by atoms with E-state index in [1.165, 1.54) is 0 Å². The van der Waals surface area contributed by atoms with Crippen molar-refractivity contribution in [2.75, 3.05) is 6.54 Å². The Kier molecular flexibility index (Phi) is 4.99. The molecule has 0 heterocycles. The molecule has 0 amide bonds. The van der Waals surface area contributed by atoms with Crippen LogP contribution < -0.4 is 5.32 Å². The fourth-order valence-corrected chi connectivity index (χ4v) is 1.57. The molecule has 3 heteroatoms. The minimum atomic E-state index is 0.136. The first-order valence-corrected chi connectivity index (χ1v) is 5.95. The van der Waals surface area contributed by atoms with Crippen molar-refractivity contribution in [2.24, 2.45) is 0 Å². The second kappa shape index (κ2) is 6.03. The van der Waals surface area contributed by atoms with E-state index in [0.717, 1.165) is 16.5 Å². The Balaban J connectivity index is 2.54. The smallest absolute Gasteiger partial charge is 0.176 e. The number of nitrogens with one attached hydrogen (secondary N) is 1. The Morgan fingerprint density at radius 2 is 2.27 bits per heavy atom. The van der Waals surface area contributed by atoms with E-state index in [1.54, 1.807) is 0 Å². The Hall–Kier alpha value is -0.670. The number of rotatable bonds is 5. The first kappa shape index (κ1) is 12.4. The van der Waals surface area contributed by atoms with Crippen molar-refractivity contribution in [1.82, 2.24) is 5.32 Å². The predicted octanol–water partition coefficient (Wildman–Crippen LogP) is 3.02. The number of carbonyl (C=O) groups excluding carboxylic acids is 1. The monoisotopic (exact) mass is 269 g/mol. The van der Waals surface area contributed by atoms with Crippen LogP contribution in [-0.4, -0.2) is 18.4 Å². The zero-order valence-electron chi connectivity index (χ0n) is 9.09. The van der Waals surface area contributed by atoms with Crippen molar-refractivity contribution >= 4 is 21.7 Å². The molecule has 0 saturated heterocycles. The third-order valence-corrected chi connectivity index (χ3v) is 2.86. The first-order chi connectivity index (χ1) is 7.13.